The molecular formula is C13H17NO2. The molecule has 1 heterocycles. The molecule has 0 saturated carbocycles. The van der Waals surface area contributed by atoms with Gasteiger partial charge in [0, 0.05) is 5.69 Å². The number of aliphatic hydroxyl groups is 1. The second-order valence-corrected chi connectivity index (χ2v) is 4.21. The van der Waals surface area contributed by atoms with Gasteiger partial charge in [0.25, 0.3) is 0 Å². The number of para-hydroxylation sites is 1. The van der Waals surface area contributed by atoms with Crippen LogP contribution in [0.15, 0.2) is 30.3 Å². The summed E-state index contributed by atoms with van der Waals surface area (Å²) in [5.74, 6) is 0. The highest BCUT2D eigenvalue weighted by Crippen LogP contribution is 2.28. The maximum atomic E-state index is 11.1. The minimum absolute atomic E-state index is 0.0753. The summed E-state index contributed by atoms with van der Waals surface area (Å²) in [4.78, 5) is 13.1. The number of nitrogens with zero attached hydrogens (tertiary/aromatic N) is 1. The van der Waals surface area contributed by atoms with Gasteiger partial charge in [0.05, 0.1) is 18.7 Å². The Morgan fingerprint density at radius 2 is 2.06 bits per heavy atom. The topological polar surface area (TPSA) is 40.5 Å². The van der Waals surface area contributed by atoms with Crippen LogP contribution in [-0.4, -0.2) is 30.1 Å². The Kier molecular flexibility index (Phi) is 3.57. The highest BCUT2D eigenvalue weighted by atomic mass is 16.3. The molecule has 1 aromatic carbocycles. The van der Waals surface area contributed by atoms with Crippen molar-refractivity contribution in [3.05, 3.63) is 30.3 Å². The van der Waals surface area contributed by atoms with Crippen molar-refractivity contribution in [3.8, 4) is 0 Å². The fourth-order valence-corrected chi connectivity index (χ4v) is 2.43. The average Bonchev–Trinajstić information content (AvgIpc) is 2.38. The average molecular weight is 219 g/mol. The van der Waals surface area contributed by atoms with Gasteiger partial charge in [-0.2, -0.15) is 0 Å². The van der Waals surface area contributed by atoms with Gasteiger partial charge >= 0.3 is 0 Å². The first kappa shape index (κ1) is 11.1. The van der Waals surface area contributed by atoms with Crippen molar-refractivity contribution < 1.29 is 9.90 Å². The van der Waals surface area contributed by atoms with Crippen LogP contribution in [-0.2, 0) is 4.79 Å². The lowest BCUT2D eigenvalue weighted by Crippen LogP contribution is -2.49. The Morgan fingerprint density at radius 3 is 2.69 bits per heavy atom. The van der Waals surface area contributed by atoms with Crippen LogP contribution < -0.4 is 4.90 Å². The van der Waals surface area contributed by atoms with Crippen LogP contribution in [0.1, 0.15) is 19.3 Å². The van der Waals surface area contributed by atoms with Crippen LogP contribution in [0.2, 0.25) is 0 Å². The quantitative estimate of drug-likeness (QED) is 0.785. The zero-order valence-corrected chi connectivity index (χ0v) is 9.25. The van der Waals surface area contributed by atoms with Crippen molar-refractivity contribution >= 4 is 12.0 Å². The molecule has 1 saturated heterocycles. The van der Waals surface area contributed by atoms with Crippen LogP contribution in [0.25, 0.3) is 0 Å². The Balaban J connectivity index is 2.28. The van der Waals surface area contributed by atoms with E-state index in [1.807, 2.05) is 30.3 Å². The molecular weight excluding hydrogens is 202 g/mol. The predicted molar refractivity (Wildman–Crippen MR) is 63.5 cm³/mol. The second kappa shape index (κ2) is 5.12. The van der Waals surface area contributed by atoms with Crippen molar-refractivity contribution in [1.29, 1.82) is 0 Å². The SMILES string of the molecule is O=CC1CCC[C@@H](CO)N1c1ccccc1. The van der Waals surface area contributed by atoms with Gasteiger partial charge in [-0.3, -0.25) is 0 Å². The first-order valence-corrected chi connectivity index (χ1v) is 5.76. The second-order valence-electron chi connectivity index (χ2n) is 4.21. The zero-order chi connectivity index (χ0) is 11.4. The molecule has 0 radical (unpaired) electrons. The number of rotatable bonds is 3. The van der Waals surface area contributed by atoms with E-state index in [-0.39, 0.29) is 18.7 Å². The number of carbonyl (C=O) groups excluding carboxylic acids is 1. The van der Waals surface area contributed by atoms with Gasteiger partial charge in [-0.1, -0.05) is 18.2 Å². The summed E-state index contributed by atoms with van der Waals surface area (Å²) >= 11 is 0. The molecule has 1 N–H and O–H groups in total. The number of benzene rings is 1. The Bertz CT molecular complexity index is 339. The molecule has 0 spiro atoms. The smallest absolute Gasteiger partial charge is 0.142 e. The number of anilines is 1. The summed E-state index contributed by atoms with van der Waals surface area (Å²) in [7, 11) is 0. The van der Waals surface area contributed by atoms with Crippen LogP contribution >= 0.6 is 0 Å². The molecule has 1 fully saturated rings. The van der Waals surface area contributed by atoms with E-state index in [4.69, 9.17) is 0 Å². The van der Waals surface area contributed by atoms with Gasteiger partial charge in [0.15, 0.2) is 0 Å². The summed E-state index contributed by atoms with van der Waals surface area (Å²) in [5, 5.41) is 9.38. The monoisotopic (exact) mass is 219 g/mol. The molecule has 0 aromatic heterocycles. The van der Waals surface area contributed by atoms with E-state index in [2.05, 4.69) is 4.90 Å². The molecule has 16 heavy (non-hydrogen) atoms. The molecule has 86 valence electrons. The largest absolute Gasteiger partial charge is 0.394 e. The molecule has 3 heteroatoms. The van der Waals surface area contributed by atoms with E-state index in [0.29, 0.717) is 0 Å². The van der Waals surface area contributed by atoms with E-state index >= 15 is 0 Å². The van der Waals surface area contributed by atoms with Crippen LogP contribution in [0, 0.1) is 0 Å². The maximum absolute atomic E-state index is 11.1. The molecule has 0 aliphatic carbocycles. The Morgan fingerprint density at radius 1 is 1.31 bits per heavy atom. The molecule has 1 aliphatic rings. The fraction of sp³-hybridized carbons (Fsp3) is 0.462. The molecule has 2 rings (SSSR count). The number of hydrogen-bond donors (Lipinski definition) is 1. The molecule has 2 atom stereocenters. The molecule has 1 aromatic rings. The predicted octanol–water partition coefficient (Wildman–Crippen LogP) is 1.61. The van der Waals surface area contributed by atoms with Gasteiger partial charge in [-0.05, 0) is 31.4 Å². The lowest BCUT2D eigenvalue weighted by atomic mass is 9.95. The van der Waals surface area contributed by atoms with Gasteiger partial charge in [0.2, 0.25) is 0 Å². The van der Waals surface area contributed by atoms with E-state index in [0.717, 1.165) is 31.2 Å². The first-order chi connectivity index (χ1) is 7.86. The maximum Gasteiger partial charge on any atom is 0.142 e. The van der Waals surface area contributed by atoms with Crippen LogP contribution in [0.5, 0.6) is 0 Å². The number of hydrogen-bond acceptors (Lipinski definition) is 3. The lowest BCUT2D eigenvalue weighted by molar-refractivity contribution is -0.109. The van der Waals surface area contributed by atoms with E-state index in [1.165, 1.54) is 0 Å². The lowest BCUT2D eigenvalue weighted by Gasteiger charge is -2.40. The standard InChI is InChI=1S/C13H17NO2/c15-9-12-7-4-8-13(10-16)14(12)11-5-2-1-3-6-11/h1-3,5-6,9,12-13,16H,4,7-8,10H2/t12?,13-/m0/s1. The summed E-state index contributed by atoms with van der Waals surface area (Å²) in [5.41, 5.74) is 1.03. The van der Waals surface area contributed by atoms with Gasteiger partial charge in [0.1, 0.15) is 6.29 Å². The Hall–Kier alpha value is -1.35. The van der Waals surface area contributed by atoms with Crippen molar-refractivity contribution in [2.45, 2.75) is 31.3 Å². The van der Waals surface area contributed by atoms with Crippen molar-refractivity contribution in [2.24, 2.45) is 0 Å². The zero-order valence-electron chi connectivity index (χ0n) is 9.25. The Labute approximate surface area is 95.7 Å². The number of piperidine rings is 1. The van der Waals surface area contributed by atoms with Gasteiger partial charge in [-0.25, -0.2) is 0 Å². The fourth-order valence-electron chi connectivity index (χ4n) is 2.43. The molecule has 3 nitrogen and oxygen atoms in total. The van der Waals surface area contributed by atoms with Crippen molar-refractivity contribution in [3.63, 3.8) is 0 Å². The third kappa shape index (κ3) is 2.09. The molecule has 1 aliphatic heterocycles. The molecule has 0 bridgehead atoms. The summed E-state index contributed by atoms with van der Waals surface area (Å²) in [6.07, 6.45) is 3.84. The highest BCUT2D eigenvalue weighted by molar-refractivity contribution is 5.67. The summed E-state index contributed by atoms with van der Waals surface area (Å²) < 4.78 is 0. The third-order valence-corrected chi connectivity index (χ3v) is 3.21. The minimum Gasteiger partial charge on any atom is -0.394 e. The van der Waals surface area contributed by atoms with E-state index < -0.39 is 0 Å². The minimum atomic E-state index is -0.0895. The van der Waals surface area contributed by atoms with Crippen LogP contribution in [0.4, 0.5) is 5.69 Å². The number of carbonyl (C=O) groups is 1. The molecule has 0 amide bonds. The summed E-state index contributed by atoms with van der Waals surface area (Å²) in [6.45, 7) is 0.110. The molecule has 1 unspecified atom stereocenters. The third-order valence-electron chi connectivity index (χ3n) is 3.21. The number of aldehydes is 1. The summed E-state index contributed by atoms with van der Waals surface area (Å²) in [6, 6.07) is 9.84. The number of aliphatic hydroxyl groups excluding tert-OH is 1. The van der Waals surface area contributed by atoms with Crippen molar-refractivity contribution in [2.75, 3.05) is 11.5 Å². The normalized spacial score (nSPS) is 25.4. The van der Waals surface area contributed by atoms with Gasteiger partial charge in [-0.15, -0.1) is 0 Å². The van der Waals surface area contributed by atoms with Gasteiger partial charge < -0.3 is 14.8 Å². The van der Waals surface area contributed by atoms with E-state index in [9.17, 15) is 9.90 Å². The van der Waals surface area contributed by atoms with E-state index in [1.54, 1.807) is 0 Å². The highest BCUT2D eigenvalue weighted by Gasteiger charge is 2.29. The van der Waals surface area contributed by atoms with Crippen molar-refractivity contribution in [1.82, 2.24) is 0 Å². The van der Waals surface area contributed by atoms with Crippen LogP contribution in [0.3, 0.4) is 0 Å². The first-order valence-electron chi connectivity index (χ1n) is 5.76.